The molecule has 0 bridgehead atoms. The Bertz CT molecular complexity index is 365. The van der Waals surface area contributed by atoms with Crippen molar-refractivity contribution < 1.29 is 9.47 Å². The highest BCUT2D eigenvalue weighted by Crippen LogP contribution is 2.26. The maximum Gasteiger partial charge on any atom is 0.191 e. The van der Waals surface area contributed by atoms with Crippen LogP contribution in [-0.4, -0.2) is 75.5 Å². The summed E-state index contributed by atoms with van der Waals surface area (Å²) in [7, 11) is 1.83. The van der Waals surface area contributed by atoms with Gasteiger partial charge in [-0.3, -0.25) is 9.89 Å². The lowest BCUT2D eigenvalue weighted by Gasteiger charge is -2.26. The van der Waals surface area contributed by atoms with Gasteiger partial charge in [-0.05, 0) is 19.3 Å². The second-order valence-corrected chi connectivity index (χ2v) is 6.58. The van der Waals surface area contributed by atoms with Gasteiger partial charge < -0.3 is 20.1 Å². The Morgan fingerprint density at radius 3 is 2.82 bits per heavy atom. The van der Waals surface area contributed by atoms with Crippen LogP contribution < -0.4 is 10.6 Å². The van der Waals surface area contributed by atoms with Crippen LogP contribution in [0, 0.1) is 0 Å². The average molecular weight is 310 g/mol. The van der Waals surface area contributed by atoms with Crippen LogP contribution in [0.3, 0.4) is 0 Å². The molecule has 2 atom stereocenters. The van der Waals surface area contributed by atoms with Gasteiger partial charge in [-0.1, -0.05) is 12.8 Å². The van der Waals surface area contributed by atoms with Crippen molar-refractivity contribution in [1.29, 1.82) is 0 Å². The summed E-state index contributed by atoms with van der Waals surface area (Å²) in [6.45, 7) is 5.19. The third-order valence-electron chi connectivity index (χ3n) is 5.01. The molecule has 2 saturated heterocycles. The van der Waals surface area contributed by atoms with Crippen LogP contribution in [0.5, 0.6) is 0 Å². The monoisotopic (exact) mass is 310 g/mol. The zero-order valence-electron chi connectivity index (χ0n) is 13.7. The largest absolute Gasteiger partial charge is 0.376 e. The molecule has 3 aliphatic rings. The SMILES string of the molecule is CN=C(NCC1COCCO1)NC1CCN(C2CCCC2)C1. The summed E-state index contributed by atoms with van der Waals surface area (Å²) in [4.78, 5) is 7.00. The summed E-state index contributed by atoms with van der Waals surface area (Å²) in [5, 5.41) is 6.93. The third kappa shape index (κ3) is 4.33. The van der Waals surface area contributed by atoms with Crippen molar-refractivity contribution in [3.05, 3.63) is 0 Å². The first-order chi connectivity index (χ1) is 10.8. The predicted octanol–water partition coefficient (Wildman–Crippen LogP) is 0.584. The third-order valence-corrected chi connectivity index (χ3v) is 5.01. The van der Waals surface area contributed by atoms with Crippen molar-refractivity contribution in [2.75, 3.05) is 46.5 Å². The van der Waals surface area contributed by atoms with Gasteiger partial charge in [0.1, 0.15) is 0 Å². The molecule has 0 aromatic heterocycles. The molecule has 0 spiro atoms. The van der Waals surface area contributed by atoms with E-state index in [9.17, 15) is 0 Å². The molecule has 0 radical (unpaired) electrons. The minimum absolute atomic E-state index is 0.130. The van der Waals surface area contributed by atoms with Crippen LogP contribution in [0.1, 0.15) is 32.1 Å². The number of likely N-dealkylation sites (tertiary alicyclic amines) is 1. The molecule has 2 aliphatic heterocycles. The fraction of sp³-hybridized carbons (Fsp3) is 0.938. The second kappa shape index (κ2) is 8.13. The number of aliphatic imine (C=N–C) groups is 1. The molecule has 3 rings (SSSR count). The number of nitrogens with one attached hydrogen (secondary N) is 2. The van der Waals surface area contributed by atoms with E-state index in [0.717, 1.165) is 25.1 Å². The average Bonchev–Trinajstić information content (AvgIpc) is 3.23. The lowest BCUT2D eigenvalue weighted by Crippen LogP contribution is -2.48. The number of guanidine groups is 1. The smallest absolute Gasteiger partial charge is 0.191 e. The topological polar surface area (TPSA) is 58.1 Å². The van der Waals surface area contributed by atoms with E-state index in [2.05, 4.69) is 20.5 Å². The maximum atomic E-state index is 5.65. The van der Waals surface area contributed by atoms with Crippen LogP contribution in [-0.2, 0) is 9.47 Å². The van der Waals surface area contributed by atoms with E-state index in [1.54, 1.807) is 0 Å². The fourth-order valence-corrected chi connectivity index (χ4v) is 3.76. The predicted molar refractivity (Wildman–Crippen MR) is 87.3 cm³/mol. The van der Waals surface area contributed by atoms with Gasteiger partial charge >= 0.3 is 0 Å². The molecular weight excluding hydrogens is 280 g/mol. The Morgan fingerprint density at radius 2 is 2.09 bits per heavy atom. The lowest BCUT2D eigenvalue weighted by molar-refractivity contribution is -0.0850. The van der Waals surface area contributed by atoms with E-state index < -0.39 is 0 Å². The van der Waals surface area contributed by atoms with E-state index in [4.69, 9.17) is 9.47 Å². The maximum absolute atomic E-state index is 5.65. The normalized spacial score (nSPS) is 31.6. The summed E-state index contributed by atoms with van der Waals surface area (Å²) < 4.78 is 11.1. The van der Waals surface area contributed by atoms with Crippen molar-refractivity contribution in [3.63, 3.8) is 0 Å². The molecule has 22 heavy (non-hydrogen) atoms. The zero-order chi connectivity index (χ0) is 15.2. The molecular formula is C16H30N4O2. The van der Waals surface area contributed by atoms with E-state index >= 15 is 0 Å². The first kappa shape index (κ1) is 16.0. The van der Waals surface area contributed by atoms with Crippen LogP contribution in [0.4, 0.5) is 0 Å². The van der Waals surface area contributed by atoms with Crippen LogP contribution in [0.15, 0.2) is 4.99 Å². The van der Waals surface area contributed by atoms with Gasteiger partial charge in [0.05, 0.1) is 25.9 Å². The minimum Gasteiger partial charge on any atom is -0.376 e. The highest BCUT2D eigenvalue weighted by molar-refractivity contribution is 5.80. The Hall–Kier alpha value is -0.850. The van der Waals surface area contributed by atoms with E-state index in [-0.39, 0.29) is 6.10 Å². The van der Waals surface area contributed by atoms with E-state index in [0.29, 0.717) is 25.9 Å². The number of rotatable bonds is 4. The van der Waals surface area contributed by atoms with Crippen LogP contribution in [0.2, 0.25) is 0 Å². The summed E-state index contributed by atoms with van der Waals surface area (Å²) in [6, 6.07) is 1.34. The van der Waals surface area contributed by atoms with Crippen LogP contribution in [0.25, 0.3) is 0 Å². The minimum atomic E-state index is 0.130. The van der Waals surface area contributed by atoms with Crippen LogP contribution >= 0.6 is 0 Å². The quantitative estimate of drug-likeness (QED) is 0.588. The molecule has 2 heterocycles. The molecule has 126 valence electrons. The Morgan fingerprint density at radius 1 is 1.23 bits per heavy atom. The molecule has 0 amide bonds. The van der Waals surface area contributed by atoms with Gasteiger partial charge in [0.25, 0.3) is 0 Å². The van der Waals surface area contributed by atoms with Crippen molar-refractivity contribution in [1.82, 2.24) is 15.5 Å². The molecule has 1 saturated carbocycles. The first-order valence-corrected chi connectivity index (χ1v) is 8.75. The summed E-state index contributed by atoms with van der Waals surface area (Å²) >= 11 is 0. The van der Waals surface area contributed by atoms with Crippen molar-refractivity contribution in [2.24, 2.45) is 4.99 Å². The second-order valence-electron chi connectivity index (χ2n) is 6.58. The molecule has 2 unspecified atom stereocenters. The highest BCUT2D eigenvalue weighted by atomic mass is 16.6. The lowest BCUT2D eigenvalue weighted by atomic mass is 10.2. The van der Waals surface area contributed by atoms with Gasteiger partial charge in [0, 0.05) is 38.8 Å². The molecule has 0 aromatic carbocycles. The Balaban J connectivity index is 1.39. The fourth-order valence-electron chi connectivity index (χ4n) is 3.76. The van der Waals surface area contributed by atoms with Gasteiger partial charge in [-0.15, -0.1) is 0 Å². The number of nitrogens with zero attached hydrogens (tertiary/aromatic N) is 2. The summed E-state index contributed by atoms with van der Waals surface area (Å²) in [5.74, 6) is 0.882. The Labute approximate surface area is 133 Å². The first-order valence-electron chi connectivity index (χ1n) is 8.75. The Kier molecular flexibility index (Phi) is 5.92. The van der Waals surface area contributed by atoms with Gasteiger partial charge in [-0.2, -0.15) is 0 Å². The van der Waals surface area contributed by atoms with Gasteiger partial charge in [0.15, 0.2) is 5.96 Å². The molecule has 3 fully saturated rings. The van der Waals surface area contributed by atoms with Crippen molar-refractivity contribution >= 4 is 5.96 Å². The molecule has 0 aromatic rings. The zero-order valence-corrected chi connectivity index (χ0v) is 13.7. The number of ether oxygens (including phenoxy) is 2. The summed E-state index contributed by atoms with van der Waals surface area (Å²) in [6.07, 6.45) is 6.93. The highest BCUT2D eigenvalue weighted by Gasteiger charge is 2.30. The number of hydrogen-bond donors (Lipinski definition) is 2. The molecule has 6 heteroatoms. The standard InChI is InChI=1S/C16H30N4O2/c1-17-16(18-10-15-12-21-8-9-22-15)19-13-6-7-20(11-13)14-4-2-3-5-14/h13-15H,2-12H2,1H3,(H2,17,18,19). The molecule has 2 N–H and O–H groups in total. The number of hydrogen-bond acceptors (Lipinski definition) is 4. The van der Waals surface area contributed by atoms with Gasteiger partial charge in [-0.25, -0.2) is 0 Å². The molecule has 6 nitrogen and oxygen atoms in total. The molecule has 1 aliphatic carbocycles. The van der Waals surface area contributed by atoms with Gasteiger partial charge in [0.2, 0.25) is 0 Å². The summed E-state index contributed by atoms with van der Waals surface area (Å²) in [5.41, 5.74) is 0. The van der Waals surface area contributed by atoms with E-state index in [1.807, 2.05) is 7.05 Å². The van der Waals surface area contributed by atoms with E-state index in [1.165, 1.54) is 38.6 Å². The van der Waals surface area contributed by atoms with Crippen molar-refractivity contribution in [2.45, 2.75) is 50.3 Å². The van der Waals surface area contributed by atoms with Crippen molar-refractivity contribution in [3.8, 4) is 0 Å².